The van der Waals surface area contributed by atoms with Crippen molar-refractivity contribution in [1.29, 1.82) is 0 Å². The molecule has 0 amide bonds. The average molecular weight is 314 g/mol. The summed E-state index contributed by atoms with van der Waals surface area (Å²) in [5, 5.41) is 8.85. The van der Waals surface area contributed by atoms with Crippen LogP contribution >= 0.6 is 0 Å². The Morgan fingerprint density at radius 3 is 2.06 bits per heavy atom. The van der Waals surface area contributed by atoms with Crippen molar-refractivity contribution in [2.75, 3.05) is 0 Å². The molecule has 2 nitrogen and oxygen atoms in total. The summed E-state index contributed by atoms with van der Waals surface area (Å²) >= 11 is 0. The van der Waals surface area contributed by atoms with Crippen LogP contribution in [0.15, 0.2) is 24.3 Å². The van der Waals surface area contributed by atoms with Crippen LogP contribution in [0.1, 0.15) is 37.8 Å². The van der Waals surface area contributed by atoms with E-state index in [4.69, 9.17) is 5.11 Å². The van der Waals surface area contributed by atoms with E-state index >= 15 is 0 Å². The molecule has 0 aliphatic heterocycles. The monoisotopic (exact) mass is 313 g/mol. The van der Waals surface area contributed by atoms with E-state index in [1.165, 1.54) is 5.56 Å². The van der Waals surface area contributed by atoms with Gasteiger partial charge in [-0.1, -0.05) is 38.1 Å². The Labute approximate surface area is 113 Å². The first-order valence-corrected chi connectivity index (χ1v) is 5.32. The molecule has 0 spiro atoms. The van der Waals surface area contributed by atoms with Crippen molar-refractivity contribution < 1.29 is 32.3 Å². The Balaban J connectivity index is 0.00000225. The Morgan fingerprint density at radius 1 is 1.19 bits per heavy atom. The number of benzene rings is 1. The molecule has 0 saturated heterocycles. The van der Waals surface area contributed by atoms with Crippen LogP contribution in [0.4, 0.5) is 0 Å². The van der Waals surface area contributed by atoms with Crippen molar-refractivity contribution in [2.24, 2.45) is 5.92 Å². The SMILES string of the molecule is CC(C)Cc1ccc(C(C)C(=O)O)cc1.[Ag]. The molecule has 1 rings (SSSR count). The molecule has 16 heavy (non-hydrogen) atoms. The zero-order chi connectivity index (χ0) is 11.4. The number of carbonyl (C=O) groups is 1. The van der Waals surface area contributed by atoms with Crippen molar-refractivity contribution in [3.8, 4) is 0 Å². The number of hydrogen-bond acceptors (Lipinski definition) is 1. The Morgan fingerprint density at radius 2 is 1.69 bits per heavy atom. The van der Waals surface area contributed by atoms with Gasteiger partial charge in [-0.25, -0.2) is 0 Å². The number of hydrogen-bond donors (Lipinski definition) is 1. The second kappa shape index (κ2) is 6.89. The Kier molecular flexibility index (Phi) is 6.65. The summed E-state index contributed by atoms with van der Waals surface area (Å²) in [4.78, 5) is 10.8. The maximum Gasteiger partial charge on any atom is 0.310 e. The van der Waals surface area contributed by atoms with Crippen LogP contribution in [-0.4, -0.2) is 11.1 Å². The number of aliphatic carboxylic acids is 1. The molecule has 1 unspecified atom stereocenters. The molecular formula is C13H18AgO2. The molecule has 1 atom stereocenters. The molecule has 0 bridgehead atoms. The minimum atomic E-state index is -0.772. The topological polar surface area (TPSA) is 37.3 Å². The van der Waals surface area contributed by atoms with E-state index < -0.39 is 11.9 Å². The average Bonchev–Trinajstić information content (AvgIpc) is 2.17. The van der Waals surface area contributed by atoms with Crippen molar-refractivity contribution >= 4 is 5.97 Å². The number of carboxylic acids is 1. The summed E-state index contributed by atoms with van der Waals surface area (Å²) in [6.07, 6.45) is 1.04. The van der Waals surface area contributed by atoms with Gasteiger partial charge in [0.25, 0.3) is 0 Å². The normalized spacial score (nSPS) is 12.0. The molecule has 93 valence electrons. The summed E-state index contributed by atoms with van der Waals surface area (Å²) in [6, 6.07) is 7.87. The van der Waals surface area contributed by atoms with Crippen LogP contribution in [0.5, 0.6) is 0 Å². The summed E-state index contributed by atoms with van der Waals surface area (Å²) in [5.74, 6) is -0.558. The molecule has 1 radical (unpaired) electrons. The van der Waals surface area contributed by atoms with Gasteiger partial charge in [0, 0.05) is 22.4 Å². The zero-order valence-electron chi connectivity index (χ0n) is 9.83. The van der Waals surface area contributed by atoms with Crippen LogP contribution in [0.2, 0.25) is 0 Å². The van der Waals surface area contributed by atoms with E-state index in [-0.39, 0.29) is 22.4 Å². The van der Waals surface area contributed by atoms with E-state index in [0.717, 1.165) is 12.0 Å². The van der Waals surface area contributed by atoms with Gasteiger partial charge in [0.05, 0.1) is 5.92 Å². The van der Waals surface area contributed by atoms with Gasteiger partial charge in [-0.2, -0.15) is 0 Å². The van der Waals surface area contributed by atoms with Crippen LogP contribution in [0.3, 0.4) is 0 Å². The van der Waals surface area contributed by atoms with Gasteiger partial charge < -0.3 is 5.11 Å². The van der Waals surface area contributed by atoms with E-state index in [0.29, 0.717) is 5.92 Å². The first-order valence-electron chi connectivity index (χ1n) is 5.32. The second-order valence-electron chi connectivity index (χ2n) is 4.40. The molecule has 1 aromatic rings. The zero-order valence-corrected chi connectivity index (χ0v) is 11.3. The molecular weight excluding hydrogens is 296 g/mol. The summed E-state index contributed by atoms with van der Waals surface area (Å²) in [5.41, 5.74) is 2.14. The third kappa shape index (κ3) is 4.52. The first kappa shape index (κ1) is 15.4. The van der Waals surface area contributed by atoms with Crippen molar-refractivity contribution in [3.05, 3.63) is 35.4 Å². The molecule has 0 aliphatic rings. The largest absolute Gasteiger partial charge is 0.481 e. The minimum absolute atomic E-state index is 0. The van der Waals surface area contributed by atoms with Crippen LogP contribution in [0.25, 0.3) is 0 Å². The minimum Gasteiger partial charge on any atom is -0.481 e. The maximum atomic E-state index is 10.8. The van der Waals surface area contributed by atoms with Crippen molar-refractivity contribution in [3.63, 3.8) is 0 Å². The molecule has 0 heterocycles. The van der Waals surface area contributed by atoms with Crippen LogP contribution < -0.4 is 0 Å². The molecule has 0 fully saturated rings. The molecule has 0 saturated carbocycles. The fourth-order valence-corrected chi connectivity index (χ4v) is 1.56. The molecule has 3 heteroatoms. The Hall–Kier alpha value is -0.570. The Bertz CT molecular complexity index is 330. The maximum absolute atomic E-state index is 10.8. The van der Waals surface area contributed by atoms with Gasteiger partial charge >= 0.3 is 5.97 Å². The third-order valence-corrected chi connectivity index (χ3v) is 2.49. The molecule has 1 aromatic carbocycles. The van der Waals surface area contributed by atoms with E-state index in [9.17, 15) is 4.79 Å². The van der Waals surface area contributed by atoms with Gasteiger partial charge in [0.2, 0.25) is 0 Å². The van der Waals surface area contributed by atoms with E-state index in [1.807, 2.05) is 24.3 Å². The summed E-state index contributed by atoms with van der Waals surface area (Å²) in [6.45, 7) is 6.06. The molecule has 0 aliphatic carbocycles. The predicted octanol–water partition coefficient (Wildman–Crippen LogP) is 3.07. The fraction of sp³-hybridized carbons (Fsp3) is 0.462. The van der Waals surface area contributed by atoms with Gasteiger partial charge in [0.1, 0.15) is 0 Å². The van der Waals surface area contributed by atoms with Gasteiger partial charge in [-0.3, -0.25) is 4.79 Å². The molecule has 1 N–H and O–H groups in total. The fourth-order valence-electron chi connectivity index (χ4n) is 1.56. The number of carboxylic acid groups (broad SMARTS) is 1. The smallest absolute Gasteiger partial charge is 0.310 e. The van der Waals surface area contributed by atoms with Gasteiger partial charge in [0.15, 0.2) is 0 Å². The quantitative estimate of drug-likeness (QED) is 0.867. The van der Waals surface area contributed by atoms with Crippen molar-refractivity contribution in [2.45, 2.75) is 33.1 Å². The first-order chi connectivity index (χ1) is 7.00. The van der Waals surface area contributed by atoms with Gasteiger partial charge in [-0.05, 0) is 30.4 Å². The molecule has 0 aromatic heterocycles. The predicted molar refractivity (Wildman–Crippen MR) is 61.0 cm³/mol. The van der Waals surface area contributed by atoms with Crippen LogP contribution in [-0.2, 0) is 33.6 Å². The van der Waals surface area contributed by atoms with Crippen molar-refractivity contribution in [1.82, 2.24) is 0 Å². The van der Waals surface area contributed by atoms with E-state index in [1.54, 1.807) is 6.92 Å². The van der Waals surface area contributed by atoms with Gasteiger partial charge in [-0.15, -0.1) is 0 Å². The van der Waals surface area contributed by atoms with E-state index in [2.05, 4.69) is 13.8 Å². The second-order valence-corrected chi connectivity index (χ2v) is 4.40. The third-order valence-electron chi connectivity index (χ3n) is 2.49. The van der Waals surface area contributed by atoms with Crippen LogP contribution in [0, 0.1) is 5.92 Å². The summed E-state index contributed by atoms with van der Waals surface area (Å²) in [7, 11) is 0. The number of rotatable bonds is 4. The summed E-state index contributed by atoms with van der Waals surface area (Å²) < 4.78 is 0. The standard InChI is InChI=1S/C13H18O2.Ag/c1-9(2)8-11-4-6-12(7-5-11)10(3)13(14)15;/h4-7,9-10H,8H2,1-3H3,(H,14,15);.